The minimum atomic E-state index is -5.06. The van der Waals surface area contributed by atoms with Gasteiger partial charge < -0.3 is 34.3 Å². The van der Waals surface area contributed by atoms with Gasteiger partial charge in [0.25, 0.3) is 0 Å². The Morgan fingerprint density at radius 1 is 0.617 bits per heavy atom. The minimum absolute atomic E-state index is 0.0335. The third kappa shape index (κ3) is 32.3. The molecule has 1 fully saturated rings. The number of esters is 1. The van der Waals surface area contributed by atoms with Gasteiger partial charge in [-0.1, -0.05) is 160 Å². The normalized spacial score (nSPS) is 20.4. The molecule has 6 atom stereocenters. The summed E-state index contributed by atoms with van der Waals surface area (Å²) in [6.45, 7) is 3.97. The van der Waals surface area contributed by atoms with E-state index in [1.54, 1.807) is 0 Å². The van der Waals surface area contributed by atoms with E-state index in [-0.39, 0.29) is 19.6 Å². The van der Waals surface area contributed by atoms with Gasteiger partial charge in [0.15, 0.2) is 6.29 Å². The van der Waals surface area contributed by atoms with Gasteiger partial charge >= 0.3 is 16.4 Å². The van der Waals surface area contributed by atoms with Gasteiger partial charge in [0.2, 0.25) is 0 Å². The van der Waals surface area contributed by atoms with Crippen LogP contribution in [0.4, 0.5) is 0 Å². The number of carbonyl (C=O) groups is 1. The average molecular weight is 877 g/mol. The van der Waals surface area contributed by atoms with Gasteiger partial charge in [0.1, 0.15) is 30.5 Å². The fourth-order valence-electron chi connectivity index (χ4n) is 7.37. The van der Waals surface area contributed by atoms with E-state index in [1.165, 1.54) is 135 Å². The topological polar surface area (TPSA) is 178 Å². The van der Waals surface area contributed by atoms with Crippen LogP contribution in [-0.4, -0.2) is 97.5 Å². The summed E-state index contributed by atoms with van der Waals surface area (Å²) in [7, 11) is -5.06. The molecule has 1 saturated heterocycles. The monoisotopic (exact) mass is 877 g/mol. The predicted octanol–water partition coefficient (Wildman–Crippen LogP) is 10.4. The van der Waals surface area contributed by atoms with Crippen molar-refractivity contribution in [3.63, 3.8) is 0 Å². The molecular weight excluding hydrogens is 789 g/mol. The van der Waals surface area contributed by atoms with E-state index in [1.807, 2.05) is 0 Å². The van der Waals surface area contributed by atoms with Crippen molar-refractivity contribution in [2.45, 2.75) is 243 Å². The molecule has 0 aliphatic carbocycles. The number of carbonyl (C=O) groups excluding carboxylic acids is 1. The van der Waals surface area contributed by atoms with E-state index in [2.05, 4.69) is 42.3 Å². The molecule has 0 spiro atoms. The lowest BCUT2D eigenvalue weighted by Crippen LogP contribution is -2.60. The van der Waals surface area contributed by atoms with Crippen LogP contribution in [0.1, 0.15) is 206 Å². The van der Waals surface area contributed by atoms with Crippen LogP contribution < -0.4 is 0 Å². The smallest absolute Gasteiger partial charge is 0.397 e. The largest absolute Gasteiger partial charge is 0.457 e. The first-order valence-corrected chi connectivity index (χ1v) is 25.5. The minimum Gasteiger partial charge on any atom is -0.457 e. The molecule has 1 aliphatic rings. The first-order chi connectivity index (χ1) is 29.1. The summed E-state index contributed by atoms with van der Waals surface area (Å²) >= 11 is 0. The van der Waals surface area contributed by atoms with E-state index in [0.717, 1.165) is 44.9 Å². The molecule has 60 heavy (non-hydrogen) atoms. The average Bonchev–Trinajstić information content (AvgIpc) is 3.22. The second-order valence-electron chi connectivity index (χ2n) is 16.7. The molecule has 0 aromatic carbocycles. The summed E-state index contributed by atoms with van der Waals surface area (Å²) in [4.78, 5) is 12.9. The molecule has 0 amide bonds. The quantitative estimate of drug-likeness (QED) is 0.0198. The van der Waals surface area contributed by atoms with E-state index in [4.69, 9.17) is 23.5 Å². The Balaban J connectivity index is 2.39. The molecule has 0 saturated carbocycles. The number of rotatable bonds is 42. The van der Waals surface area contributed by atoms with Crippen molar-refractivity contribution >= 4 is 16.4 Å². The zero-order valence-electron chi connectivity index (χ0n) is 37.8. The summed E-state index contributed by atoms with van der Waals surface area (Å²) in [6.07, 6.45) is 34.9. The Morgan fingerprint density at radius 2 is 1.05 bits per heavy atom. The van der Waals surface area contributed by atoms with E-state index in [0.29, 0.717) is 13.0 Å². The number of allylic oxidation sites excluding steroid dienone is 4. The van der Waals surface area contributed by atoms with Crippen LogP contribution >= 0.6 is 0 Å². The van der Waals surface area contributed by atoms with Crippen LogP contribution in [0.25, 0.3) is 0 Å². The molecule has 0 bridgehead atoms. The maximum atomic E-state index is 12.9. The second kappa shape index (κ2) is 39.2. The third-order valence-corrected chi connectivity index (χ3v) is 11.5. The van der Waals surface area contributed by atoms with Crippen LogP contribution in [0.15, 0.2) is 24.3 Å². The Labute approximate surface area is 365 Å². The Hall–Kier alpha value is -1.42. The molecular formula is C47H88O12S. The first-order valence-electron chi connectivity index (χ1n) is 24.1. The highest BCUT2D eigenvalue weighted by Crippen LogP contribution is 2.26. The molecule has 0 aromatic heterocycles. The fourth-order valence-corrected chi connectivity index (χ4v) is 7.88. The number of ether oxygens (including phenoxy) is 4. The third-order valence-electron chi connectivity index (χ3n) is 11.0. The highest BCUT2D eigenvalue weighted by Gasteiger charge is 2.48. The van der Waals surface area contributed by atoms with Crippen LogP contribution in [0.5, 0.6) is 0 Å². The molecule has 1 aliphatic heterocycles. The van der Waals surface area contributed by atoms with E-state index in [9.17, 15) is 28.5 Å². The standard InChI is InChI=1S/C47H88O12S/c1-3-5-7-9-11-13-15-17-19-20-21-22-23-24-26-28-30-32-34-36-43(49)57-41(39-55-37-35-33-31-29-27-25-18-16-14-12-10-8-6-4-2)40-56-47-45(51)46(59-60(52,53)54)44(50)42(38-48)58-47/h14,16-17,19,41-42,44-48,50-51H,3-13,15,18,20-40H2,1-2H3,(H,52,53,54)/b16-14-,19-17-. The molecule has 1 heterocycles. The molecule has 0 aromatic rings. The van der Waals surface area contributed by atoms with Crippen LogP contribution in [-0.2, 0) is 38.3 Å². The van der Waals surface area contributed by atoms with Gasteiger partial charge in [-0.2, -0.15) is 8.42 Å². The molecule has 12 nitrogen and oxygen atoms in total. The summed E-state index contributed by atoms with van der Waals surface area (Å²) in [5.41, 5.74) is 0. The van der Waals surface area contributed by atoms with Gasteiger partial charge in [0, 0.05) is 13.0 Å². The zero-order valence-corrected chi connectivity index (χ0v) is 38.6. The van der Waals surface area contributed by atoms with E-state index >= 15 is 0 Å². The molecule has 13 heteroatoms. The van der Waals surface area contributed by atoms with Crippen LogP contribution in [0.3, 0.4) is 0 Å². The highest BCUT2D eigenvalue weighted by atomic mass is 32.3. The number of aliphatic hydroxyl groups is 3. The van der Waals surface area contributed by atoms with E-state index < -0.39 is 59.8 Å². The van der Waals surface area contributed by atoms with Crippen molar-refractivity contribution in [3.05, 3.63) is 24.3 Å². The van der Waals surface area contributed by atoms with Gasteiger partial charge in [-0.3, -0.25) is 9.35 Å². The predicted molar refractivity (Wildman–Crippen MR) is 239 cm³/mol. The molecule has 4 N–H and O–H groups in total. The number of aliphatic hydroxyl groups excluding tert-OH is 3. The van der Waals surface area contributed by atoms with Crippen molar-refractivity contribution < 1.29 is 56.2 Å². The maximum absolute atomic E-state index is 12.9. The van der Waals surface area contributed by atoms with Crippen molar-refractivity contribution in [2.24, 2.45) is 0 Å². The number of unbranched alkanes of at least 4 members (excludes halogenated alkanes) is 25. The maximum Gasteiger partial charge on any atom is 0.397 e. The fraction of sp³-hybridized carbons (Fsp3) is 0.894. The van der Waals surface area contributed by atoms with Crippen molar-refractivity contribution in [3.8, 4) is 0 Å². The van der Waals surface area contributed by atoms with Gasteiger partial charge in [-0.15, -0.1) is 0 Å². The summed E-state index contributed by atoms with van der Waals surface area (Å²) in [5, 5.41) is 30.7. The lowest BCUT2D eigenvalue weighted by molar-refractivity contribution is -0.301. The molecule has 6 unspecified atom stereocenters. The Morgan fingerprint density at radius 3 is 1.52 bits per heavy atom. The highest BCUT2D eigenvalue weighted by molar-refractivity contribution is 7.80. The van der Waals surface area contributed by atoms with Gasteiger partial charge in [-0.05, 0) is 64.2 Å². The molecule has 354 valence electrons. The second-order valence-corrected chi connectivity index (χ2v) is 17.7. The van der Waals surface area contributed by atoms with Crippen LogP contribution in [0, 0.1) is 0 Å². The van der Waals surface area contributed by atoms with Crippen LogP contribution in [0.2, 0.25) is 0 Å². The summed E-state index contributed by atoms with van der Waals surface area (Å²) in [5.74, 6) is -0.402. The summed E-state index contributed by atoms with van der Waals surface area (Å²) in [6, 6.07) is 0. The SMILES string of the molecule is CCCCCC/C=C\CCCCCCCCOCC(COC1OC(CO)C(O)C(OS(=O)(=O)O)C1O)OC(=O)CCCCCCCCCCC/C=C\CCCCCCCC. The Kier molecular flexibility index (Phi) is 37.0. The lowest BCUT2D eigenvalue weighted by atomic mass is 9.99. The Bertz CT molecular complexity index is 1150. The first kappa shape index (κ1) is 56.6. The number of hydrogen-bond donors (Lipinski definition) is 4. The van der Waals surface area contributed by atoms with Gasteiger partial charge in [-0.25, -0.2) is 4.18 Å². The molecule has 0 radical (unpaired) electrons. The summed E-state index contributed by atoms with van der Waals surface area (Å²) < 4.78 is 59.1. The molecule has 1 rings (SSSR count). The van der Waals surface area contributed by atoms with Gasteiger partial charge in [0.05, 0.1) is 19.8 Å². The number of hydrogen-bond acceptors (Lipinski definition) is 11. The van der Waals surface area contributed by atoms with Crippen molar-refractivity contribution in [1.82, 2.24) is 0 Å². The lowest BCUT2D eigenvalue weighted by Gasteiger charge is -2.41. The van der Waals surface area contributed by atoms with Crippen molar-refractivity contribution in [2.75, 3.05) is 26.4 Å². The zero-order chi connectivity index (χ0) is 43.9. The van der Waals surface area contributed by atoms with Crippen molar-refractivity contribution in [1.29, 1.82) is 0 Å².